The highest BCUT2D eigenvalue weighted by Gasteiger charge is 2.21. The van der Waals surface area contributed by atoms with E-state index in [4.69, 9.17) is 0 Å². The number of halogens is 2. The predicted molar refractivity (Wildman–Crippen MR) is 119 cm³/mol. The van der Waals surface area contributed by atoms with Crippen LogP contribution in [0.15, 0.2) is 37.3 Å². The number of hydrogen-bond donors (Lipinski definition) is 4. The van der Waals surface area contributed by atoms with E-state index in [2.05, 4.69) is 69.9 Å². The van der Waals surface area contributed by atoms with E-state index in [0.29, 0.717) is 16.7 Å². The maximum Gasteiger partial charge on any atom is 0.270 e. The number of nitrogens with one attached hydrogen (secondary N) is 4. The average Bonchev–Trinajstić information content (AvgIpc) is 3.11. The van der Waals surface area contributed by atoms with Gasteiger partial charge in [-0.2, -0.15) is 0 Å². The Morgan fingerprint density at radius 1 is 1.30 bits per heavy atom. The number of H-pyrrole nitrogens is 1. The van der Waals surface area contributed by atoms with E-state index in [9.17, 15) is 4.79 Å². The molecule has 4 rings (SSSR count). The fraction of sp³-hybridized carbons (Fsp3) is 0.333. The van der Waals surface area contributed by atoms with Crippen LogP contribution >= 0.6 is 43.2 Å². The van der Waals surface area contributed by atoms with Crippen molar-refractivity contribution in [3.8, 4) is 0 Å². The Hall–Kier alpha value is -1.42. The maximum atomic E-state index is 12.0. The predicted octanol–water partition coefficient (Wildman–Crippen LogP) is 4.46. The third-order valence-electron chi connectivity index (χ3n) is 4.55. The van der Waals surface area contributed by atoms with Crippen molar-refractivity contribution in [2.45, 2.75) is 18.9 Å². The van der Waals surface area contributed by atoms with Gasteiger partial charge in [-0.1, -0.05) is 15.9 Å². The summed E-state index contributed by atoms with van der Waals surface area (Å²) in [5, 5.41) is 12.2. The summed E-state index contributed by atoms with van der Waals surface area (Å²) in [5.41, 5.74) is 3.11. The SMILES string of the molecule is O=c1[nH]c(NCCCN[C@H]2CCNc3c(Br)cc(Br)cc32)nc2ccsc12. The number of aromatic amines is 1. The molecule has 1 aromatic carbocycles. The first-order valence-electron chi connectivity index (χ1n) is 8.79. The van der Waals surface area contributed by atoms with Gasteiger partial charge in [0.1, 0.15) is 4.70 Å². The Labute approximate surface area is 177 Å². The zero-order valence-corrected chi connectivity index (χ0v) is 18.4. The standard InChI is InChI=1S/C18H19Br2N5OS/c19-10-8-11-13(2-6-22-15(11)12(20)9-10)21-4-1-5-23-18-24-14-3-7-27-16(14)17(26)25-18/h3,7-9,13,21-22H,1-2,4-6H2,(H2,23,24,25,26)/t13-/m0/s1. The first-order chi connectivity index (χ1) is 13.1. The molecule has 1 aliphatic heterocycles. The lowest BCUT2D eigenvalue weighted by Crippen LogP contribution is -2.30. The van der Waals surface area contributed by atoms with Crippen molar-refractivity contribution in [1.82, 2.24) is 15.3 Å². The third kappa shape index (κ3) is 4.21. The van der Waals surface area contributed by atoms with Gasteiger partial charge in [-0.25, -0.2) is 4.98 Å². The van der Waals surface area contributed by atoms with Gasteiger partial charge in [0, 0.05) is 28.1 Å². The lowest BCUT2D eigenvalue weighted by atomic mass is 9.98. The molecule has 4 N–H and O–H groups in total. The van der Waals surface area contributed by atoms with Crippen LogP contribution in [0, 0.1) is 0 Å². The minimum atomic E-state index is -0.0851. The summed E-state index contributed by atoms with van der Waals surface area (Å²) in [7, 11) is 0. The molecule has 6 nitrogen and oxygen atoms in total. The number of anilines is 2. The normalized spacial score (nSPS) is 16.1. The molecular formula is C18H19Br2N5OS. The lowest BCUT2D eigenvalue weighted by molar-refractivity contribution is 0.497. The summed E-state index contributed by atoms with van der Waals surface area (Å²) in [5.74, 6) is 0.533. The van der Waals surface area contributed by atoms with Gasteiger partial charge in [-0.15, -0.1) is 11.3 Å². The minimum absolute atomic E-state index is 0.0851. The van der Waals surface area contributed by atoms with Crippen LogP contribution in [-0.4, -0.2) is 29.6 Å². The smallest absolute Gasteiger partial charge is 0.270 e. The van der Waals surface area contributed by atoms with E-state index >= 15 is 0 Å². The number of nitrogens with zero attached hydrogens (tertiary/aromatic N) is 1. The molecule has 0 spiro atoms. The van der Waals surface area contributed by atoms with E-state index < -0.39 is 0 Å². The Kier molecular flexibility index (Phi) is 5.82. The molecule has 0 radical (unpaired) electrons. The Morgan fingerprint density at radius 3 is 3.07 bits per heavy atom. The summed E-state index contributed by atoms with van der Waals surface area (Å²) in [6.07, 6.45) is 1.98. The first kappa shape index (κ1) is 18.9. The molecule has 0 saturated heterocycles. The van der Waals surface area contributed by atoms with E-state index in [-0.39, 0.29) is 5.56 Å². The molecule has 27 heavy (non-hydrogen) atoms. The number of fused-ring (bicyclic) bond motifs is 2. The van der Waals surface area contributed by atoms with Crippen LogP contribution in [0.2, 0.25) is 0 Å². The average molecular weight is 513 g/mol. The highest BCUT2D eigenvalue weighted by molar-refractivity contribution is 9.11. The summed E-state index contributed by atoms with van der Waals surface area (Å²) in [6, 6.07) is 6.44. The van der Waals surface area contributed by atoms with E-state index in [1.54, 1.807) is 0 Å². The highest BCUT2D eigenvalue weighted by atomic mass is 79.9. The van der Waals surface area contributed by atoms with E-state index in [1.165, 1.54) is 22.6 Å². The lowest BCUT2D eigenvalue weighted by Gasteiger charge is -2.29. The largest absolute Gasteiger partial charge is 0.384 e. The first-order valence-corrected chi connectivity index (χ1v) is 11.3. The summed E-state index contributed by atoms with van der Waals surface area (Å²) in [6.45, 7) is 2.58. The van der Waals surface area contributed by atoms with Gasteiger partial charge < -0.3 is 16.0 Å². The van der Waals surface area contributed by atoms with Crippen LogP contribution in [0.5, 0.6) is 0 Å². The topological polar surface area (TPSA) is 81.8 Å². The second-order valence-corrected chi connectivity index (χ2v) is 9.09. The van der Waals surface area contributed by atoms with Gasteiger partial charge in [0.25, 0.3) is 5.56 Å². The molecule has 0 saturated carbocycles. The fourth-order valence-electron chi connectivity index (χ4n) is 3.29. The van der Waals surface area contributed by atoms with Gasteiger partial charge in [-0.3, -0.25) is 9.78 Å². The van der Waals surface area contributed by atoms with Gasteiger partial charge in [0.15, 0.2) is 0 Å². The van der Waals surface area contributed by atoms with Crippen LogP contribution in [0.1, 0.15) is 24.4 Å². The molecular weight excluding hydrogens is 494 g/mol. The monoisotopic (exact) mass is 511 g/mol. The second-order valence-electron chi connectivity index (χ2n) is 6.40. The van der Waals surface area contributed by atoms with Crippen LogP contribution in [-0.2, 0) is 0 Å². The zero-order chi connectivity index (χ0) is 18.8. The van der Waals surface area contributed by atoms with Gasteiger partial charge >= 0.3 is 0 Å². The van der Waals surface area contributed by atoms with Crippen LogP contribution in [0.3, 0.4) is 0 Å². The Bertz CT molecular complexity index is 1020. The second kappa shape index (κ2) is 8.30. The molecule has 1 atom stereocenters. The molecule has 3 aromatic rings. The Morgan fingerprint density at radius 2 is 2.19 bits per heavy atom. The third-order valence-corrected chi connectivity index (χ3v) is 6.53. The number of rotatable bonds is 6. The molecule has 2 aromatic heterocycles. The summed E-state index contributed by atoms with van der Waals surface area (Å²) in [4.78, 5) is 19.2. The number of aromatic nitrogens is 2. The summed E-state index contributed by atoms with van der Waals surface area (Å²) < 4.78 is 2.83. The van der Waals surface area contributed by atoms with Crippen molar-refractivity contribution < 1.29 is 0 Å². The van der Waals surface area contributed by atoms with Crippen molar-refractivity contribution in [3.63, 3.8) is 0 Å². The van der Waals surface area contributed by atoms with Crippen molar-refractivity contribution >= 4 is 65.0 Å². The van der Waals surface area contributed by atoms with Gasteiger partial charge in [0.05, 0.1) is 11.2 Å². The number of benzene rings is 1. The fourth-order valence-corrected chi connectivity index (χ4v) is 5.42. The quantitative estimate of drug-likeness (QED) is 0.366. The summed E-state index contributed by atoms with van der Waals surface area (Å²) >= 11 is 8.62. The molecule has 0 amide bonds. The number of thiophene rings is 1. The highest BCUT2D eigenvalue weighted by Crippen LogP contribution is 2.38. The Balaban J connectivity index is 1.31. The minimum Gasteiger partial charge on any atom is -0.384 e. The zero-order valence-electron chi connectivity index (χ0n) is 14.4. The van der Waals surface area contributed by atoms with Gasteiger partial charge in [0.2, 0.25) is 5.95 Å². The van der Waals surface area contributed by atoms with Crippen molar-refractivity contribution in [2.75, 3.05) is 30.3 Å². The van der Waals surface area contributed by atoms with Crippen LogP contribution < -0.4 is 21.5 Å². The van der Waals surface area contributed by atoms with Crippen LogP contribution in [0.4, 0.5) is 11.6 Å². The molecule has 9 heteroatoms. The van der Waals surface area contributed by atoms with Crippen molar-refractivity contribution in [2.24, 2.45) is 0 Å². The molecule has 0 fully saturated rings. The van der Waals surface area contributed by atoms with E-state index in [0.717, 1.165) is 46.9 Å². The van der Waals surface area contributed by atoms with Gasteiger partial charge in [-0.05, 0) is 64.5 Å². The number of hydrogen-bond acceptors (Lipinski definition) is 6. The molecule has 142 valence electrons. The van der Waals surface area contributed by atoms with Crippen molar-refractivity contribution in [1.29, 1.82) is 0 Å². The molecule has 0 aliphatic carbocycles. The molecule has 0 unspecified atom stereocenters. The molecule has 3 heterocycles. The van der Waals surface area contributed by atoms with Crippen LogP contribution in [0.25, 0.3) is 10.2 Å². The maximum absolute atomic E-state index is 12.0. The van der Waals surface area contributed by atoms with E-state index in [1.807, 2.05) is 11.4 Å². The molecule has 0 bridgehead atoms. The van der Waals surface area contributed by atoms with Crippen molar-refractivity contribution in [3.05, 3.63) is 48.4 Å². The molecule has 1 aliphatic rings.